The van der Waals surface area contributed by atoms with E-state index in [0.717, 1.165) is 12.1 Å². The Balaban J connectivity index is 1.85. The Hall–Kier alpha value is -2.92. The number of ketones is 1. The van der Waals surface area contributed by atoms with Gasteiger partial charge in [-0.25, -0.2) is 5.01 Å². The van der Waals surface area contributed by atoms with Crippen LogP contribution < -0.4 is 0 Å². The topological polar surface area (TPSA) is 118 Å². The van der Waals surface area contributed by atoms with E-state index >= 15 is 0 Å². The summed E-state index contributed by atoms with van der Waals surface area (Å²) >= 11 is 36.5. The number of nitro groups is 1. The minimum atomic E-state index is -1.13. The molecule has 0 fully saturated rings. The highest BCUT2D eigenvalue weighted by atomic mass is 35.5. The van der Waals surface area contributed by atoms with Crippen molar-refractivity contribution in [2.45, 2.75) is 0 Å². The number of nitrogens with zero attached hydrogens (tertiary/aromatic N) is 3. The summed E-state index contributed by atoms with van der Waals surface area (Å²) in [6.07, 6.45) is 0. The molecule has 0 spiro atoms. The number of imide groups is 1. The summed E-state index contributed by atoms with van der Waals surface area (Å²) in [5, 5.41) is 10.9. The van der Waals surface area contributed by atoms with Crippen LogP contribution >= 0.6 is 69.6 Å². The first-order valence-electron chi connectivity index (χ1n) is 10.1. The van der Waals surface area contributed by atoms with Crippen LogP contribution in [0.15, 0.2) is 42.5 Å². The minimum absolute atomic E-state index is 0.0581. The Bertz CT molecular complexity index is 1550. The van der Waals surface area contributed by atoms with E-state index in [9.17, 15) is 29.3 Å². The monoisotopic (exact) mass is 633 g/mol. The summed E-state index contributed by atoms with van der Waals surface area (Å²) in [7, 11) is 0. The third kappa shape index (κ3) is 4.82. The lowest BCUT2D eigenvalue weighted by molar-refractivity contribution is -0.384. The van der Waals surface area contributed by atoms with Gasteiger partial charge in [0.1, 0.15) is 6.54 Å². The molecule has 0 aromatic heterocycles. The second-order valence-corrected chi connectivity index (χ2v) is 10.0. The third-order valence-electron chi connectivity index (χ3n) is 5.38. The van der Waals surface area contributed by atoms with Gasteiger partial charge in [0, 0.05) is 28.3 Å². The Morgan fingerprint density at radius 2 is 1.42 bits per heavy atom. The van der Waals surface area contributed by atoms with Crippen LogP contribution in [0.25, 0.3) is 0 Å². The average Bonchev–Trinajstić information content (AvgIpc) is 3.14. The zero-order chi connectivity index (χ0) is 28.0. The number of hydrazine groups is 1. The maximum atomic E-state index is 13.6. The highest BCUT2D eigenvalue weighted by Crippen LogP contribution is 2.45. The number of non-ortho nitro benzene ring substituents is 1. The normalized spacial score (nSPS) is 12.5. The molecular formula is C23H9Cl6N3O6. The van der Waals surface area contributed by atoms with Crippen molar-refractivity contribution in [1.82, 2.24) is 10.0 Å². The highest BCUT2D eigenvalue weighted by Gasteiger charge is 2.46. The van der Waals surface area contributed by atoms with Gasteiger partial charge in [0.15, 0.2) is 5.78 Å². The number of fused-ring (bicyclic) bond motifs is 1. The molecule has 0 radical (unpaired) electrons. The Kier molecular flexibility index (Phi) is 7.90. The second kappa shape index (κ2) is 10.7. The molecule has 0 N–H and O–H groups in total. The number of Topliss-reactive ketones (excluding diaryl/α,β-unsaturated/α-hetero) is 1. The quantitative estimate of drug-likeness (QED) is 0.0715. The van der Waals surface area contributed by atoms with Crippen molar-refractivity contribution in [2.75, 3.05) is 6.54 Å². The van der Waals surface area contributed by atoms with Gasteiger partial charge in [-0.3, -0.25) is 29.3 Å². The van der Waals surface area contributed by atoms with Gasteiger partial charge in [-0.1, -0.05) is 75.7 Å². The maximum Gasteiger partial charge on any atom is 0.282 e. The molecule has 9 nitrogen and oxygen atoms in total. The smallest absolute Gasteiger partial charge is 0.282 e. The SMILES string of the molecule is O=C(CN(C(=O)c1cccc([N+](=O)[O-])c1)N1C(=O)c2c(Cl)c(Cl)c(Cl)c(Cl)c2C1=O)c1ccc(Cl)cc1Cl. The first kappa shape index (κ1) is 28.1. The third-order valence-corrected chi connectivity index (χ3v) is 7.73. The molecule has 4 rings (SSSR count). The lowest BCUT2D eigenvalue weighted by Crippen LogP contribution is -2.51. The van der Waals surface area contributed by atoms with Gasteiger partial charge >= 0.3 is 0 Å². The van der Waals surface area contributed by atoms with Gasteiger partial charge in [-0.2, -0.15) is 5.01 Å². The number of hydrogen-bond acceptors (Lipinski definition) is 6. The van der Waals surface area contributed by atoms with Crippen molar-refractivity contribution in [3.8, 4) is 0 Å². The number of hydrogen-bond donors (Lipinski definition) is 0. The van der Waals surface area contributed by atoms with Gasteiger partial charge in [-0.15, -0.1) is 0 Å². The largest absolute Gasteiger partial charge is 0.292 e. The number of nitro benzene ring substituents is 1. The molecule has 15 heteroatoms. The van der Waals surface area contributed by atoms with Crippen molar-refractivity contribution in [2.24, 2.45) is 0 Å². The standard InChI is InChI=1S/C23H9Cl6N3O6/c24-10-4-5-12(13(25)7-10)14(33)8-30(21(34)9-2-1-3-11(6-9)32(37)38)31-22(35)15-16(23(31)36)18(27)20(29)19(28)17(15)26/h1-7H,8H2. The first-order valence-corrected chi connectivity index (χ1v) is 12.4. The summed E-state index contributed by atoms with van der Waals surface area (Å²) in [6.45, 7) is -0.898. The van der Waals surface area contributed by atoms with Crippen LogP contribution in [0.2, 0.25) is 30.1 Å². The zero-order valence-corrected chi connectivity index (χ0v) is 22.8. The van der Waals surface area contributed by atoms with E-state index < -0.39 is 61.8 Å². The number of carbonyl (C=O) groups is 4. The predicted molar refractivity (Wildman–Crippen MR) is 142 cm³/mol. The molecule has 0 saturated heterocycles. The predicted octanol–water partition coefficient (Wildman–Crippen LogP) is 7.05. The molecule has 0 bridgehead atoms. The van der Waals surface area contributed by atoms with Crippen LogP contribution in [-0.2, 0) is 0 Å². The lowest BCUT2D eigenvalue weighted by Gasteiger charge is -2.29. The molecule has 0 atom stereocenters. The van der Waals surface area contributed by atoms with Crippen LogP contribution in [0.3, 0.4) is 0 Å². The van der Waals surface area contributed by atoms with E-state index in [-0.39, 0.29) is 31.2 Å². The van der Waals surface area contributed by atoms with E-state index in [1.165, 1.54) is 30.3 Å². The van der Waals surface area contributed by atoms with Gasteiger partial charge in [0.25, 0.3) is 23.4 Å². The Morgan fingerprint density at radius 1 is 0.842 bits per heavy atom. The second-order valence-electron chi connectivity index (χ2n) is 7.65. The first-order chi connectivity index (χ1) is 17.8. The number of rotatable bonds is 6. The molecule has 38 heavy (non-hydrogen) atoms. The molecule has 1 aliphatic rings. The summed E-state index contributed by atoms with van der Waals surface area (Å²) in [5.41, 5.74) is -1.71. The van der Waals surface area contributed by atoms with Crippen LogP contribution in [0.1, 0.15) is 41.4 Å². The van der Waals surface area contributed by atoms with Gasteiger partial charge in [0.05, 0.1) is 41.2 Å². The van der Waals surface area contributed by atoms with Gasteiger partial charge < -0.3 is 0 Å². The molecule has 0 saturated carbocycles. The van der Waals surface area contributed by atoms with E-state index in [1.54, 1.807) is 0 Å². The van der Waals surface area contributed by atoms with Gasteiger partial charge in [-0.05, 0) is 24.3 Å². The van der Waals surface area contributed by atoms with Gasteiger partial charge in [0.2, 0.25) is 0 Å². The number of amides is 3. The molecule has 1 aliphatic heterocycles. The van der Waals surface area contributed by atoms with E-state index in [4.69, 9.17) is 69.6 Å². The average molecular weight is 636 g/mol. The molecule has 194 valence electrons. The maximum absolute atomic E-state index is 13.6. The van der Waals surface area contributed by atoms with Crippen LogP contribution in [-0.4, -0.2) is 45.0 Å². The highest BCUT2D eigenvalue weighted by molar-refractivity contribution is 6.55. The summed E-state index contributed by atoms with van der Waals surface area (Å²) in [5.74, 6) is -4.17. The fourth-order valence-corrected chi connectivity index (χ4v) is 5.16. The summed E-state index contributed by atoms with van der Waals surface area (Å²) in [4.78, 5) is 64.2. The van der Waals surface area contributed by atoms with E-state index in [1.807, 2.05) is 0 Å². The molecular weight excluding hydrogens is 627 g/mol. The van der Waals surface area contributed by atoms with Crippen molar-refractivity contribution in [1.29, 1.82) is 0 Å². The van der Waals surface area contributed by atoms with Crippen molar-refractivity contribution in [3.63, 3.8) is 0 Å². The molecule has 1 heterocycles. The summed E-state index contributed by atoms with van der Waals surface area (Å²) < 4.78 is 0. The molecule has 3 amide bonds. The fourth-order valence-electron chi connectivity index (χ4n) is 3.63. The van der Waals surface area contributed by atoms with Crippen molar-refractivity contribution >= 4 is 98.8 Å². The van der Waals surface area contributed by atoms with E-state index in [2.05, 4.69) is 0 Å². The number of benzene rings is 3. The Morgan fingerprint density at radius 3 is 1.95 bits per heavy atom. The number of carbonyl (C=O) groups excluding carboxylic acids is 4. The Labute approximate surface area is 243 Å². The summed E-state index contributed by atoms with van der Waals surface area (Å²) in [6, 6.07) is 8.42. The molecule has 3 aromatic carbocycles. The lowest BCUT2D eigenvalue weighted by atomic mass is 10.1. The van der Waals surface area contributed by atoms with Crippen LogP contribution in [0, 0.1) is 10.1 Å². The minimum Gasteiger partial charge on any atom is -0.292 e. The van der Waals surface area contributed by atoms with E-state index in [0.29, 0.717) is 10.0 Å². The number of halogens is 6. The molecule has 0 unspecified atom stereocenters. The fraction of sp³-hybridized carbons (Fsp3) is 0.0435. The van der Waals surface area contributed by atoms with Crippen LogP contribution in [0.4, 0.5) is 5.69 Å². The molecule has 3 aromatic rings. The van der Waals surface area contributed by atoms with Crippen molar-refractivity contribution < 1.29 is 24.1 Å². The zero-order valence-electron chi connectivity index (χ0n) is 18.3. The van der Waals surface area contributed by atoms with Crippen molar-refractivity contribution in [3.05, 3.63) is 105 Å². The molecule has 0 aliphatic carbocycles. The van der Waals surface area contributed by atoms with Crippen LogP contribution in [0.5, 0.6) is 0 Å².